The zero-order valence-electron chi connectivity index (χ0n) is 38.6. The molecule has 4 aliphatic rings. The molecule has 368 valence electrons. The summed E-state index contributed by atoms with van der Waals surface area (Å²) in [5.41, 5.74) is -2.13. The average Bonchev–Trinajstić information content (AvgIpc) is 3.92. The minimum atomic E-state index is -4.80. The maximum atomic E-state index is 14.7. The number of hydrogen-bond donors (Lipinski definition) is 4. The molecule has 3 aliphatic heterocycles. The van der Waals surface area contributed by atoms with Crippen LogP contribution in [0.3, 0.4) is 0 Å². The number of amides is 7. The molecule has 1 aliphatic carbocycles. The molecule has 3 heterocycles. The van der Waals surface area contributed by atoms with Gasteiger partial charge in [-0.3, -0.25) is 33.6 Å². The van der Waals surface area contributed by atoms with Crippen LogP contribution in [-0.4, -0.2) is 148 Å². The molecule has 15 nitrogen and oxygen atoms in total. The lowest BCUT2D eigenvalue weighted by Crippen LogP contribution is -2.61. The molecule has 1 saturated carbocycles. The topological polar surface area (TPSA) is 189 Å². The molecule has 0 unspecified atom stereocenters. The van der Waals surface area contributed by atoms with Crippen LogP contribution in [-0.2, 0) is 40.0 Å². The van der Waals surface area contributed by atoms with Crippen LogP contribution in [0.5, 0.6) is 0 Å². The second-order valence-electron chi connectivity index (χ2n) is 18.9. The van der Waals surface area contributed by atoms with Gasteiger partial charge in [0.1, 0.15) is 41.7 Å². The van der Waals surface area contributed by atoms with E-state index in [1.54, 1.807) is 25.1 Å². The van der Waals surface area contributed by atoms with Crippen molar-refractivity contribution in [2.75, 3.05) is 33.2 Å². The fourth-order valence-electron chi connectivity index (χ4n) is 9.99. The van der Waals surface area contributed by atoms with Gasteiger partial charge in [0.25, 0.3) is 0 Å². The van der Waals surface area contributed by atoms with E-state index < -0.39 is 95.3 Å². The normalized spacial score (nSPS) is 26.5. The Morgan fingerprint density at radius 2 is 1.67 bits per heavy atom. The van der Waals surface area contributed by atoms with Crippen LogP contribution >= 0.6 is 23.2 Å². The van der Waals surface area contributed by atoms with E-state index in [-0.39, 0.29) is 94.9 Å². The van der Waals surface area contributed by atoms with Gasteiger partial charge in [0.15, 0.2) is 0 Å². The number of alkyl halides is 3. The number of fused-ring (bicyclic) bond motifs is 1. The summed E-state index contributed by atoms with van der Waals surface area (Å²) in [5.74, 6) is -5.11. The van der Waals surface area contributed by atoms with Gasteiger partial charge < -0.3 is 40.7 Å². The first kappa shape index (κ1) is 52.8. The number of carbonyl (C=O) groups is 7. The molecule has 0 aromatic heterocycles. The summed E-state index contributed by atoms with van der Waals surface area (Å²) in [6.07, 6.45) is -3.91. The number of halogens is 5. The highest BCUT2D eigenvalue weighted by atomic mass is 35.5. The van der Waals surface area contributed by atoms with Gasteiger partial charge in [-0.15, -0.1) is 0 Å². The Labute approximate surface area is 395 Å². The highest BCUT2D eigenvalue weighted by molar-refractivity contribution is 6.33. The molecular weight excluding hydrogens is 906 g/mol. The van der Waals surface area contributed by atoms with E-state index >= 15 is 0 Å². The molecule has 7 atom stereocenters. The Kier molecular flexibility index (Phi) is 18.2. The van der Waals surface area contributed by atoms with Crippen molar-refractivity contribution in [1.29, 1.82) is 0 Å². The Morgan fingerprint density at radius 3 is 2.32 bits per heavy atom. The Balaban J connectivity index is 1.43. The van der Waals surface area contributed by atoms with Crippen LogP contribution in [0.1, 0.15) is 117 Å². The molecule has 5 rings (SSSR count). The summed E-state index contributed by atoms with van der Waals surface area (Å²) in [5, 5.41) is 19.7. The van der Waals surface area contributed by atoms with Crippen LogP contribution in [0, 0.1) is 11.3 Å². The summed E-state index contributed by atoms with van der Waals surface area (Å²) in [4.78, 5) is 105. The van der Waals surface area contributed by atoms with Crippen molar-refractivity contribution in [1.82, 2.24) is 35.6 Å². The van der Waals surface area contributed by atoms with Crippen LogP contribution < -0.4 is 16.0 Å². The first-order chi connectivity index (χ1) is 31.1. The number of rotatable bonds is 11. The molecule has 4 fully saturated rings. The van der Waals surface area contributed by atoms with Gasteiger partial charge in [-0.05, 0) is 94.4 Å². The number of likely N-dealkylation sites (tertiary alicyclic amines) is 1. The van der Waals surface area contributed by atoms with Gasteiger partial charge >= 0.3 is 6.18 Å². The Morgan fingerprint density at radius 1 is 0.970 bits per heavy atom. The molecule has 1 aromatic carbocycles. The molecular formula is C46H66Cl2F3N7O8. The zero-order chi connectivity index (χ0) is 48.7. The van der Waals surface area contributed by atoms with E-state index in [9.17, 15) is 51.8 Å². The van der Waals surface area contributed by atoms with Gasteiger partial charge in [0.2, 0.25) is 41.4 Å². The van der Waals surface area contributed by atoms with Gasteiger partial charge in [0.05, 0.1) is 6.10 Å². The molecule has 20 heteroatoms. The number of benzene rings is 1. The van der Waals surface area contributed by atoms with Crippen molar-refractivity contribution in [3.05, 3.63) is 33.8 Å². The predicted molar refractivity (Wildman–Crippen MR) is 241 cm³/mol. The van der Waals surface area contributed by atoms with E-state index in [1.165, 1.54) is 28.7 Å². The number of hydrogen-bond acceptors (Lipinski definition) is 8. The molecule has 0 radical (unpaired) electrons. The number of likely N-dealkylation sites (N-methyl/N-ethyl adjacent to an activating group) is 1. The number of aliphatic hydroxyl groups excluding tert-OH is 1. The van der Waals surface area contributed by atoms with E-state index in [4.69, 9.17) is 23.2 Å². The first-order valence-electron chi connectivity index (χ1n) is 23.4. The molecule has 4 N–H and O–H groups in total. The van der Waals surface area contributed by atoms with Crippen molar-refractivity contribution in [3.63, 3.8) is 0 Å². The van der Waals surface area contributed by atoms with Gasteiger partial charge in [-0.2, -0.15) is 13.2 Å². The second-order valence-corrected chi connectivity index (χ2v) is 19.7. The maximum absolute atomic E-state index is 14.7. The van der Waals surface area contributed by atoms with Crippen LogP contribution in [0.2, 0.25) is 10.0 Å². The Hall–Kier alpha value is -4.16. The third kappa shape index (κ3) is 12.1. The van der Waals surface area contributed by atoms with E-state index in [0.29, 0.717) is 42.7 Å². The monoisotopic (exact) mass is 971 g/mol. The van der Waals surface area contributed by atoms with Crippen molar-refractivity contribution >= 4 is 64.6 Å². The number of nitrogens with zero attached hydrogens (tertiary/aromatic N) is 4. The van der Waals surface area contributed by atoms with E-state index in [1.807, 2.05) is 13.8 Å². The third-order valence-corrected chi connectivity index (χ3v) is 14.1. The maximum Gasteiger partial charge on any atom is 0.403 e. The number of carbonyl (C=O) groups excluding carboxylic acids is 7. The number of nitrogens with one attached hydrogen (secondary N) is 3. The molecule has 7 amide bonds. The fraction of sp³-hybridized carbons (Fsp3) is 0.717. The van der Waals surface area contributed by atoms with E-state index in [0.717, 1.165) is 4.90 Å². The summed E-state index contributed by atoms with van der Waals surface area (Å²) >= 11 is 12.9. The quantitative estimate of drug-likeness (QED) is 0.244. The highest BCUT2D eigenvalue weighted by Crippen LogP contribution is 2.51. The lowest BCUT2D eigenvalue weighted by Gasteiger charge is -2.41. The van der Waals surface area contributed by atoms with Crippen LogP contribution in [0.4, 0.5) is 13.2 Å². The van der Waals surface area contributed by atoms with Crippen molar-refractivity contribution < 1.29 is 51.8 Å². The summed E-state index contributed by atoms with van der Waals surface area (Å²) in [7, 11) is 1.42. The lowest BCUT2D eigenvalue weighted by atomic mass is 9.72. The van der Waals surface area contributed by atoms with Crippen molar-refractivity contribution in [2.24, 2.45) is 11.3 Å². The summed E-state index contributed by atoms with van der Waals surface area (Å²) in [6.45, 7) is 6.93. The third-order valence-electron chi connectivity index (χ3n) is 13.5. The second kappa shape index (κ2) is 22.8. The molecule has 66 heavy (non-hydrogen) atoms. The molecule has 0 spiro atoms. The fourth-order valence-corrected chi connectivity index (χ4v) is 10.4. The van der Waals surface area contributed by atoms with Crippen molar-refractivity contribution in [3.8, 4) is 0 Å². The van der Waals surface area contributed by atoms with Crippen molar-refractivity contribution in [2.45, 2.75) is 166 Å². The smallest absolute Gasteiger partial charge is 0.391 e. The van der Waals surface area contributed by atoms with Gasteiger partial charge in [-0.25, -0.2) is 0 Å². The SMILES string of the molecule is CCCN(C(=O)[C@H](C)NC(=O)[C@@H]1CCCN1C(=O)C1(C(F)(F)F)CCCCC1)[C@H]1CCCCNC(=O)[C@H]2C[C@H](O)CN2C(=O)[C@H](Cc2cc(Cl)ccc2Cl)N(C)C(=O)[C@H](CC(C)C)NC1=O. The first-order valence-corrected chi connectivity index (χ1v) is 24.1. The highest BCUT2D eigenvalue weighted by Gasteiger charge is 2.62. The van der Waals surface area contributed by atoms with Gasteiger partial charge in [-0.1, -0.05) is 63.2 Å². The standard InChI is InChI=1S/C46H66Cl2F3N7O8/c1-6-20-56(41(63)28(4)53-39(61)35-14-12-21-57(35)44(66)45(46(49,50)51)17-9-7-10-18-45)34-13-8-11-19-52-38(60)36-25-31(59)26-58(36)43(65)37(24-29-23-30(47)15-16-32(29)48)55(5)42(64)33(22-27(2)3)54-40(34)62/h15-16,23,27-28,31,33-37,59H,6-14,17-22,24-26H2,1-5H3,(H,52,60)(H,53,61)(H,54,62)/t28-,31-,33-,34-,35-,36+,37-/m0/s1. The summed E-state index contributed by atoms with van der Waals surface area (Å²) < 4.78 is 43.7. The molecule has 0 bridgehead atoms. The van der Waals surface area contributed by atoms with Gasteiger partial charge in [0, 0.05) is 56.1 Å². The number of aliphatic hydroxyl groups is 1. The average molecular weight is 973 g/mol. The Bertz CT molecular complexity index is 1950. The zero-order valence-corrected chi connectivity index (χ0v) is 40.1. The van der Waals surface area contributed by atoms with Crippen LogP contribution in [0.15, 0.2) is 18.2 Å². The predicted octanol–water partition coefficient (Wildman–Crippen LogP) is 4.77. The minimum absolute atomic E-state index is 0.0276. The lowest BCUT2D eigenvalue weighted by molar-refractivity contribution is -0.236. The largest absolute Gasteiger partial charge is 0.403 e. The van der Waals surface area contributed by atoms with Crippen LogP contribution in [0.25, 0.3) is 0 Å². The summed E-state index contributed by atoms with van der Waals surface area (Å²) in [6, 6.07) is -2.47. The molecule has 3 saturated heterocycles. The minimum Gasteiger partial charge on any atom is -0.391 e. The van der Waals surface area contributed by atoms with E-state index in [2.05, 4.69) is 16.0 Å². The molecule has 1 aromatic rings.